The Morgan fingerprint density at radius 1 is 1.16 bits per heavy atom. The van der Waals surface area contributed by atoms with Gasteiger partial charge in [0.25, 0.3) is 0 Å². The summed E-state index contributed by atoms with van der Waals surface area (Å²) in [4.78, 5) is 11.3. The van der Waals surface area contributed by atoms with Gasteiger partial charge >= 0.3 is 5.97 Å². The molecular weight excluding hydrogens is 240 g/mol. The van der Waals surface area contributed by atoms with E-state index in [-0.39, 0.29) is 5.41 Å². The molecule has 0 aliphatic heterocycles. The molecule has 0 fully saturated rings. The van der Waals surface area contributed by atoms with E-state index in [0.717, 1.165) is 5.56 Å². The normalized spacial score (nSPS) is 15.0. The van der Waals surface area contributed by atoms with Gasteiger partial charge in [-0.05, 0) is 36.3 Å². The molecule has 0 bridgehead atoms. The van der Waals surface area contributed by atoms with Crippen LogP contribution in [-0.2, 0) is 10.2 Å². The topological polar surface area (TPSA) is 57.5 Å². The number of hydrogen-bond donors (Lipinski definition) is 2. The highest BCUT2D eigenvalue weighted by atomic mass is 16.4. The number of aliphatic carboxylic acids is 1. The minimum Gasteiger partial charge on any atom is -0.481 e. The summed E-state index contributed by atoms with van der Waals surface area (Å²) in [5.41, 5.74) is 2.06. The van der Waals surface area contributed by atoms with Gasteiger partial charge < -0.3 is 10.2 Å². The fraction of sp³-hybridized carbons (Fsp3) is 0.562. The van der Waals surface area contributed by atoms with Crippen LogP contribution >= 0.6 is 0 Å². The van der Waals surface area contributed by atoms with Crippen molar-refractivity contribution in [3.05, 3.63) is 35.4 Å². The minimum atomic E-state index is -0.829. The zero-order chi connectivity index (χ0) is 14.6. The van der Waals surface area contributed by atoms with Gasteiger partial charge in [-0.15, -0.1) is 0 Å². The van der Waals surface area contributed by atoms with Crippen LogP contribution in [0.15, 0.2) is 24.3 Å². The largest absolute Gasteiger partial charge is 0.481 e. The summed E-state index contributed by atoms with van der Waals surface area (Å²) in [5, 5.41) is 18.6. The summed E-state index contributed by atoms with van der Waals surface area (Å²) in [5.74, 6) is -1.37. The lowest BCUT2D eigenvalue weighted by molar-refractivity contribution is -0.139. The summed E-state index contributed by atoms with van der Waals surface area (Å²) in [7, 11) is 0. The lowest BCUT2D eigenvalue weighted by Crippen LogP contribution is -2.15. The Hall–Kier alpha value is -1.35. The van der Waals surface area contributed by atoms with E-state index in [1.165, 1.54) is 5.56 Å². The number of rotatable bonds is 5. The van der Waals surface area contributed by atoms with Crippen LogP contribution in [0.5, 0.6) is 0 Å². The van der Waals surface area contributed by atoms with Crippen molar-refractivity contribution in [1.29, 1.82) is 0 Å². The molecule has 0 aliphatic carbocycles. The molecule has 0 radical (unpaired) electrons. The van der Waals surface area contributed by atoms with E-state index in [0.29, 0.717) is 12.8 Å². The van der Waals surface area contributed by atoms with Crippen LogP contribution in [0.1, 0.15) is 57.6 Å². The Bertz CT molecular complexity index is 413. The Labute approximate surface area is 115 Å². The highest BCUT2D eigenvalue weighted by Gasteiger charge is 2.21. The molecule has 0 saturated heterocycles. The molecule has 19 heavy (non-hydrogen) atoms. The Balaban J connectivity index is 2.89. The lowest BCUT2D eigenvalue weighted by Gasteiger charge is -2.20. The molecule has 0 amide bonds. The van der Waals surface area contributed by atoms with Crippen LogP contribution < -0.4 is 0 Å². The summed E-state index contributed by atoms with van der Waals surface area (Å²) in [6.07, 6.45) is 0.496. The second kappa shape index (κ2) is 6.20. The molecule has 0 spiro atoms. The summed E-state index contributed by atoms with van der Waals surface area (Å²) >= 11 is 0. The number of carboxylic acid groups (broad SMARTS) is 1. The maximum Gasteiger partial charge on any atom is 0.310 e. The van der Waals surface area contributed by atoms with Gasteiger partial charge in [0.05, 0.1) is 12.0 Å². The van der Waals surface area contributed by atoms with E-state index >= 15 is 0 Å². The van der Waals surface area contributed by atoms with Crippen molar-refractivity contribution in [2.75, 3.05) is 0 Å². The number of benzene rings is 1. The number of hydrogen-bond acceptors (Lipinski definition) is 2. The molecule has 2 N–H and O–H groups in total. The van der Waals surface area contributed by atoms with E-state index in [1.807, 2.05) is 24.3 Å². The van der Waals surface area contributed by atoms with Gasteiger partial charge in [-0.1, -0.05) is 45.0 Å². The van der Waals surface area contributed by atoms with E-state index in [1.54, 1.807) is 6.92 Å². The van der Waals surface area contributed by atoms with E-state index in [9.17, 15) is 15.0 Å². The molecule has 2 atom stereocenters. The van der Waals surface area contributed by atoms with Crippen molar-refractivity contribution in [3.8, 4) is 0 Å². The van der Waals surface area contributed by atoms with Gasteiger partial charge in [0.1, 0.15) is 0 Å². The molecular formula is C16H24O3. The molecule has 3 heteroatoms. The molecule has 0 saturated carbocycles. The minimum absolute atomic E-state index is 0.0663. The predicted molar refractivity (Wildman–Crippen MR) is 76.4 cm³/mol. The van der Waals surface area contributed by atoms with Gasteiger partial charge in [0, 0.05) is 0 Å². The van der Waals surface area contributed by atoms with Crippen LogP contribution in [0.3, 0.4) is 0 Å². The average molecular weight is 264 g/mol. The van der Waals surface area contributed by atoms with Crippen molar-refractivity contribution in [3.63, 3.8) is 0 Å². The number of aliphatic hydroxyl groups is 1. The smallest absolute Gasteiger partial charge is 0.310 e. The molecule has 1 aromatic carbocycles. The Kier molecular flexibility index (Phi) is 5.12. The zero-order valence-corrected chi connectivity index (χ0v) is 12.2. The van der Waals surface area contributed by atoms with E-state index < -0.39 is 18.0 Å². The highest BCUT2D eigenvalue weighted by molar-refractivity contribution is 5.76. The molecule has 1 rings (SSSR count). The fourth-order valence-corrected chi connectivity index (χ4v) is 2.06. The first kappa shape index (κ1) is 15.7. The standard InChI is InChI=1S/C16H24O3/c1-11(17)5-10-14(15(18)19)12-6-8-13(9-7-12)16(2,3)4/h6-9,11,14,17H,5,10H2,1-4H3,(H,18,19). The van der Waals surface area contributed by atoms with Crippen LogP contribution in [0.2, 0.25) is 0 Å². The Morgan fingerprint density at radius 3 is 2.05 bits per heavy atom. The fourth-order valence-electron chi connectivity index (χ4n) is 2.06. The number of carboxylic acids is 1. The van der Waals surface area contributed by atoms with Crippen molar-refractivity contribution in [2.24, 2.45) is 0 Å². The van der Waals surface area contributed by atoms with E-state index in [4.69, 9.17) is 0 Å². The van der Waals surface area contributed by atoms with Gasteiger partial charge in [0.15, 0.2) is 0 Å². The third-order valence-corrected chi connectivity index (χ3v) is 3.35. The predicted octanol–water partition coefficient (Wildman–Crippen LogP) is 3.31. The van der Waals surface area contributed by atoms with Crippen LogP contribution in [0.25, 0.3) is 0 Å². The quantitative estimate of drug-likeness (QED) is 0.857. The lowest BCUT2D eigenvalue weighted by atomic mass is 9.85. The molecule has 106 valence electrons. The second-order valence-corrected chi connectivity index (χ2v) is 6.19. The Morgan fingerprint density at radius 2 is 1.68 bits per heavy atom. The summed E-state index contributed by atoms with van der Waals surface area (Å²) < 4.78 is 0. The van der Waals surface area contributed by atoms with Crippen molar-refractivity contribution in [1.82, 2.24) is 0 Å². The molecule has 0 aromatic heterocycles. The summed E-state index contributed by atoms with van der Waals surface area (Å²) in [6, 6.07) is 7.77. The monoisotopic (exact) mass is 264 g/mol. The molecule has 3 nitrogen and oxygen atoms in total. The van der Waals surface area contributed by atoms with Gasteiger partial charge in [0.2, 0.25) is 0 Å². The molecule has 2 unspecified atom stereocenters. The van der Waals surface area contributed by atoms with Gasteiger partial charge in [-0.25, -0.2) is 0 Å². The van der Waals surface area contributed by atoms with Crippen LogP contribution in [0, 0.1) is 0 Å². The first-order chi connectivity index (χ1) is 8.71. The second-order valence-electron chi connectivity index (χ2n) is 6.19. The molecule has 0 heterocycles. The average Bonchev–Trinajstić information content (AvgIpc) is 2.27. The van der Waals surface area contributed by atoms with Gasteiger partial charge in [-0.2, -0.15) is 0 Å². The molecule has 1 aromatic rings. The molecule has 0 aliphatic rings. The maximum absolute atomic E-state index is 11.3. The maximum atomic E-state index is 11.3. The SMILES string of the molecule is CC(O)CCC(C(=O)O)c1ccc(C(C)(C)C)cc1. The van der Waals surface area contributed by atoms with Gasteiger partial charge in [-0.3, -0.25) is 4.79 Å². The van der Waals surface area contributed by atoms with Crippen LogP contribution in [0.4, 0.5) is 0 Å². The third-order valence-electron chi connectivity index (χ3n) is 3.35. The first-order valence-electron chi connectivity index (χ1n) is 6.73. The number of carbonyl (C=O) groups is 1. The summed E-state index contributed by atoms with van der Waals surface area (Å²) in [6.45, 7) is 8.07. The first-order valence-corrected chi connectivity index (χ1v) is 6.73. The number of aliphatic hydroxyl groups excluding tert-OH is 1. The third kappa shape index (κ3) is 4.67. The van der Waals surface area contributed by atoms with Crippen molar-refractivity contribution < 1.29 is 15.0 Å². The highest BCUT2D eigenvalue weighted by Crippen LogP contribution is 2.27. The van der Waals surface area contributed by atoms with Crippen molar-refractivity contribution in [2.45, 2.75) is 58.0 Å². The van der Waals surface area contributed by atoms with Crippen LogP contribution in [-0.4, -0.2) is 22.3 Å². The van der Waals surface area contributed by atoms with Crippen molar-refractivity contribution >= 4 is 5.97 Å². The zero-order valence-electron chi connectivity index (χ0n) is 12.2. The van der Waals surface area contributed by atoms with E-state index in [2.05, 4.69) is 20.8 Å².